The molecule has 0 aliphatic heterocycles. The summed E-state index contributed by atoms with van der Waals surface area (Å²) in [5.41, 5.74) is 4.07. The molecule has 3 aromatic carbocycles. The Balaban J connectivity index is 1.34. The van der Waals surface area contributed by atoms with Crippen molar-refractivity contribution in [3.8, 4) is 33.9 Å². The van der Waals surface area contributed by atoms with Gasteiger partial charge in [0.1, 0.15) is 11.5 Å². The number of benzene rings is 3. The number of nitrogens with one attached hydrogen (secondary N) is 1. The largest absolute Gasteiger partial charge is 0.494 e. The third-order valence-electron chi connectivity index (χ3n) is 4.81. The lowest BCUT2D eigenvalue weighted by molar-refractivity contribution is -0.118. The Bertz CT molecular complexity index is 1170. The fraction of sp³-hybridized carbons (Fsp3) is 0.154. The molecule has 6 heteroatoms. The van der Waals surface area contributed by atoms with Gasteiger partial charge in [-0.25, -0.2) is 4.98 Å². The monoisotopic (exact) mass is 444 g/mol. The summed E-state index contributed by atoms with van der Waals surface area (Å²) in [7, 11) is 0. The zero-order valence-corrected chi connectivity index (χ0v) is 18.8. The molecule has 0 saturated heterocycles. The zero-order valence-electron chi connectivity index (χ0n) is 18.0. The molecule has 1 amide bonds. The molecule has 0 radical (unpaired) electrons. The normalized spacial score (nSPS) is 10.6. The highest BCUT2D eigenvalue weighted by molar-refractivity contribution is 7.16. The molecule has 0 fully saturated rings. The molecule has 162 valence electrons. The van der Waals surface area contributed by atoms with Gasteiger partial charge in [0.05, 0.1) is 12.3 Å². The van der Waals surface area contributed by atoms with Crippen molar-refractivity contribution in [3.63, 3.8) is 0 Å². The molecule has 0 unspecified atom stereocenters. The van der Waals surface area contributed by atoms with Crippen molar-refractivity contribution in [1.29, 1.82) is 0 Å². The third-order valence-corrected chi connectivity index (χ3v) is 5.70. The van der Waals surface area contributed by atoms with Crippen LogP contribution >= 0.6 is 11.3 Å². The predicted molar refractivity (Wildman–Crippen MR) is 129 cm³/mol. The van der Waals surface area contributed by atoms with Gasteiger partial charge in [-0.15, -0.1) is 11.3 Å². The standard InChI is InChI=1S/C26H24N2O3S/c1-3-30-22-15-11-21(12-16-22)25-18(2)32-26(28-25)27-24(29)17-31-23-13-9-20(10-14-23)19-7-5-4-6-8-19/h4-16H,3,17H2,1-2H3,(H,27,28,29). The average Bonchev–Trinajstić information content (AvgIpc) is 3.19. The first-order valence-electron chi connectivity index (χ1n) is 10.4. The fourth-order valence-electron chi connectivity index (χ4n) is 3.27. The average molecular weight is 445 g/mol. The quantitative estimate of drug-likeness (QED) is 0.351. The minimum atomic E-state index is -0.246. The molecular weight excluding hydrogens is 420 g/mol. The Morgan fingerprint density at radius 2 is 1.44 bits per heavy atom. The molecule has 0 saturated carbocycles. The molecular formula is C26H24N2O3S. The minimum Gasteiger partial charge on any atom is -0.494 e. The van der Waals surface area contributed by atoms with Crippen LogP contribution in [0.4, 0.5) is 5.13 Å². The second-order valence-electron chi connectivity index (χ2n) is 7.11. The summed E-state index contributed by atoms with van der Waals surface area (Å²) >= 11 is 1.44. The van der Waals surface area contributed by atoms with Gasteiger partial charge < -0.3 is 9.47 Å². The molecule has 0 spiro atoms. The van der Waals surface area contributed by atoms with Crippen molar-refractivity contribution in [3.05, 3.63) is 83.7 Å². The van der Waals surface area contributed by atoms with Crippen molar-refractivity contribution < 1.29 is 14.3 Å². The minimum absolute atomic E-state index is 0.0816. The van der Waals surface area contributed by atoms with E-state index in [0.717, 1.165) is 33.0 Å². The number of hydrogen-bond donors (Lipinski definition) is 1. The van der Waals surface area contributed by atoms with E-state index in [1.54, 1.807) is 0 Å². The molecule has 4 rings (SSSR count). The van der Waals surface area contributed by atoms with E-state index in [4.69, 9.17) is 9.47 Å². The first-order chi connectivity index (χ1) is 15.6. The summed E-state index contributed by atoms with van der Waals surface area (Å²) < 4.78 is 11.1. The number of ether oxygens (including phenoxy) is 2. The van der Waals surface area contributed by atoms with Crippen LogP contribution in [0.15, 0.2) is 78.9 Å². The van der Waals surface area contributed by atoms with E-state index in [1.165, 1.54) is 11.3 Å². The van der Waals surface area contributed by atoms with Crippen molar-refractivity contribution in [2.45, 2.75) is 13.8 Å². The first-order valence-corrected chi connectivity index (χ1v) is 11.2. The number of rotatable bonds is 8. The lowest BCUT2D eigenvalue weighted by atomic mass is 10.1. The molecule has 1 aromatic heterocycles. The summed E-state index contributed by atoms with van der Waals surface area (Å²) in [6.45, 7) is 4.49. The Hall–Kier alpha value is -3.64. The van der Waals surface area contributed by atoms with Crippen LogP contribution in [0.3, 0.4) is 0 Å². The highest BCUT2D eigenvalue weighted by atomic mass is 32.1. The summed E-state index contributed by atoms with van der Waals surface area (Å²) in [6.07, 6.45) is 0. The molecule has 32 heavy (non-hydrogen) atoms. The van der Waals surface area contributed by atoms with E-state index in [0.29, 0.717) is 17.5 Å². The second kappa shape index (κ2) is 10.1. The van der Waals surface area contributed by atoms with Gasteiger partial charge >= 0.3 is 0 Å². The molecule has 4 aromatic rings. The van der Waals surface area contributed by atoms with E-state index in [9.17, 15) is 4.79 Å². The smallest absolute Gasteiger partial charge is 0.264 e. The van der Waals surface area contributed by atoms with Crippen LogP contribution in [0, 0.1) is 6.92 Å². The highest BCUT2D eigenvalue weighted by Crippen LogP contribution is 2.31. The van der Waals surface area contributed by atoms with E-state index >= 15 is 0 Å². The molecule has 0 bridgehead atoms. The van der Waals surface area contributed by atoms with Crippen LogP contribution in [-0.4, -0.2) is 24.1 Å². The zero-order chi connectivity index (χ0) is 22.3. The number of nitrogens with zero attached hydrogens (tertiary/aromatic N) is 1. The number of amides is 1. The van der Waals surface area contributed by atoms with Crippen molar-refractivity contribution in [2.75, 3.05) is 18.5 Å². The molecule has 0 atom stereocenters. The van der Waals surface area contributed by atoms with Gasteiger partial charge in [0, 0.05) is 10.4 Å². The summed E-state index contributed by atoms with van der Waals surface area (Å²) in [4.78, 5) is 18.0. The van der Waals surface area contributed by atoms with Gasteiger partial charge in [-0.2, -0.15) is 0 Å². The van der Waals surface area contributed by atoms with Crippen LogP contribution in [0.25, 0.3) is 22.4 Å². The maximum absolute atomic E-state index is 12.4. The van der Waals surface area contributed by atoms with Crippen LogP contribution in [0.1, 0.15) is 11.8 Å². The van der Waals surface area contributed by atoms with E-state index in [-0.39, 0.29) is 12.5 Å². The predicted octanol–water partition coefficient (Wildman–Crippen LogP) is 6.20. The summed E-state index contributed by atoms with van der Waals surface area (Å²) in [5.74, 6) is 1.22. The van der Waals surface area contributed by atoms with Gasteiger partial charge in [-0.1, -0.05) is 42.5 Å². The number of thiazole rings is 1. The van der Waals surface area contributed by atoms with Crippen LogP contribution in [0.2, 0.25) is 0 Å². The SMILES string of the molecule is CCOc1ccc(-c2nc(NC(=O)COc3ccc(-c4ccccc4)cc3)sc2C)cc1. The van der Waals surface area contributed by atoms with E-state index in [2.05, 4.69) is 22.4 Å². The second-order valence-corrected chi connectivity index (χ2v) is 8.31. The topological polar surface area (TPSA) is 60.5 Å². The molecule has 0 aliphatic carbocycles. The number of carbonyl (C=O) groups is 1. The maximum atomic E-state index is 12.4. The van der Waals surface area contributed by atoms with Gasteiger partial charge in [-0.05, 0) is 61.4 Å². The van der Waals surface area contributed by atoms with Crippen molar-refractivity contribution in [1.82, 2.24) is 4.98 Å². The Kier molecular flexibility index (Phi) is 6.82. The van der Waals surface area contributed by atoms with Crippen LogP contribution in [-0.2, 0) is 4.79 Å². The molecule has 1 N–H and O–H groups in total. The Labute approximate surface area is 191 Å². The van der Waals surface area contributed by atoms with Gasteiger partial charge in [0.2, 0.25) is 0 Å². The lowest BCUT2D eigenvalue weighted by Gasteiger charge is -2.07. The molecule has 5 nitrogen and oxygen atoms in total. The van der Waals surface area contributed by atoms with Gasteiger partial charge in [0.15, 0.2) is 11.7 Å². The number of anilines is 1. The number of aryl methyl sites for hydroxylation is 1. The van der Waals surface area contributed by atoms with Crippen molar-refractivity contribution in [2.24, 2.45) is 0 Å². The van der Waals surface area contributed by atoms with Gasteiger partial charge in [-0.3, -0.25) is 10.1 Å². The van der Waals surface area contributed by atoms with E-state index in [1.807, 2.05) is 80.6 Å². The summed E-state index contributed by atoms with van der Waals surface area (Å²) in [5, 5.41) is 3.39. The highest BCUT2D eigenvalue weighted by Gasteiger charge is 2.13. The van der Waals surface area contributed by atoms with Crippen LogP contribution in [0.5, 0.6) is 11.5 Å². The van der Waals surface area contributed by atoms with Crippen molar-refractivity contribution >= 4 is 22.4 Å². The molecule has 1 heterocycles. The molecule has 0 aliphatic rings. The Morgan fingerprint density at radius 3 is 2.09 bits per heavy atom. The van der Waals surface area contributed by atoms with E-state index < -0.39 is 0 Å². The fourth-order valence-corrected chi connectivity index (χ4v) is 4.12. The third kappa shape index (κ3) is 5.34. The van der Waals surface area contributed by atoms with Crippen LogP contribution < -0.4 is 14.8 Å². The Morgan fingerprint density at radius 1 is 0.844 bits per heavy atom. The number of carbonyl (C=O) groups excluding carboxylic acids is 1. The van der Waals surface area contributed by atoms with Gasteiger partial charge in [0.25, 0.3) is 5.91 Å². The number of hydrogen-bond acceptors (Lipinski definition) is 5. The lowest BCUT2D eigenvalue weighted by Crippen LogP contribution is -2.20. The maximum Gasteiger partial charge on any atom is 0.264 e. The summed E-state index contributed by atoms with van der Waals surface area (Å²) in [6, 6.07) is 25.6. The number of aromatic nitrogens is 1. The first kappa shape index (κ1) is 21.6.